The summed E-state index contributed by atoms with van der Waals surface area (Å²) in [6.07, 6.45) is -14.8. The number of halogens is 3. The second-order valence-electron chi connectivity index (χ2n) is 8.88. The zero-order valence-electron chi connectivity index (χ0n) is 23.6. The highest BCUT2D eigenvalue weighted by Gasteiger charge is 2.46. The van der Waals surface area contributed by atoms with Crippen LogP contribution in [0.15, 0.2) is 23.3 Å². The van der Waals surface area contributed by atoms with E-state index in [1.807, 2.05) is 0 Å². The van der Waals surface area contributed by atoms with E-state index in [9.17, 15) is 51.6 Å². The molecule has 1 aliphatic heterocycles. The van der Waals surface area contributed by atoms with Crippen LogP contribution in [0.4, 0.5) is 13.2 Å². The lowest BCUT2D eigenvalue weighted by molar-refractivity contribution is -0.277. The van der Waals surface area contributed by atoms with E-state index in [2.05, 4.69) is 23.7 Å². The Kier molecular flexibility index (Phi) is 15.6. The summed E-state index contributed by atoms with van der Waals surface area (Å²) in [5, 5.41) is 45.1. The van der Waals surface area contributed by atoms with Gasteiger partial charge in [-0.25, -0.2) is 4.79 Å². The van der Waals surface area contributed by atoms with Crippen molar-refractivity contribution in [2.24, 2.45) is 5.11 Å². The molecule has 1 fully saturated rings. The zero-order chi connectivity index (χ0) is 34.3. The first kappa shape index (κ1) is 38.7. The summed E-state index contributed by atoms with van der Waals surface area (Å²) in [6.45, 7) is 0.361. The molecule has 1 aromatic rings. The topological polar surface area (TPSA) is 275 Å². The van der Waals surface area contributed by atoms with E-state index >= 15 is 0 Å². The summed E-state index contributed by atoms with van der Waals surface area (Å²) in [5.41, 5.74) is 7.81. The number of carbonyl (C=O) groups is 2. The number of hydrogen-bond donors (Lipinski definition) is 5. The number of aliphatic hydroxyl groups excluding tert-OH is 4. The molecule has 0 aliphatic carbocycles. The number of ether oxygens (including phenoxy) is 5. The predicted octanol–water partition coefficient (Wildman–Crippen LogP) is -1.32. The quantitative estimate of drug-likeness (QED) is 0.0487. The minimum Gasteiger partial charge on any atom is -0.458 e. The fourth-order valence-electron chi connectivity index (χ4n) is 3.40. The Morgan fingerprint density at radius 1 is 0.978 bits per heavy atom. The SMILES string of the molecule is [N-]=[N+]=NCCOCCOCCOCCNC(=O)c1ccc(O[C@@H]2O[C@H](CO)[C@H](O)[C@H](O)[C@H]2O)c(OS(=O)(=O)OC(=O)C(F)(F)F)c1. The summed E-state index contributed by atoms with van der Waals surface area (Å²) < 4.78 is 95.8. The second kappa shape index (κ2) is 18.6. The number of alkyl halides is 3. The number of amides is 1. The molecule has 0 radical (unpaired) electrons. The van der Waals surface area contributed by atoms with Crippen LogP contribution >= 0.6 is 0 Å². The van der Waals surface area contributed by atoms with Gasteiger partial charge in [0.1, 0.15) is 24.4 Å². The Bertz CT molecular complexity index is 1300. The fourth-order valence-corrected chi connectivity index (χ4v) is 4.06. The first-order valence-electron chi connectivity index (χ1n) is 13.1. The molecule has 5 N–H and O–H groups in total. The molecular formula is C23H31F3N4O15S. The number of rotatable bonds is 19. The Labute approximate surface area is 258 Å². The largest absolute Gasteiger partial charge is 0.503 e. The van der Waals surface area contributed by atoms with E-state index in [0.29, 0.717) is 6.07 Å². The van der Waals surface area contributed by atoms with Crippen molar-refractivity contribution in [2.75, 3.05) is 59.3 Å². The van der Waals surface area contributed by atoms with Crippen molar-refractivity contribution in [1.29, 1.82) is 0 Å². The highest BCUT2D eigenvalue weighted by molar-refractivity contribution is 7.82. The standard InChI is InChI=1S/C23H31F3N4O15S/c24-23(25,26)22(36)45-46(37,38)44-15-11-13(1-2-14(15)42-21-19(34)18(33)17(32)16(12-31)43-21)20(35)28-3-5-39-7-9-41-10-8-40-6-4-29-30-27/h1-2,11,16-19,21,31-34H,3-10,12H2,(H,28,35)/t16-,17+,18+,19-,21-/m1/s1. The first-order valence-corrected chi connectivity index (χ1v) is 14.4. The number of aliphatic hydroxyl groups is 4. The number of carbonyl (C=O) groups excluding carboxylic acids is 2. The molecule has 0 bridgehead atoms. The number of nitrogens with zero attached hydrogens (tertiary/aromatic N) is 3. The molecule has 19 nitrogen and oxygen atoms in total. The van der Waals surface area contributed by atoms with Crippen LogP contribution in [-0.2, 0) is 38.3 Å². The lowest BCUT2D eigenvalue weighted by Gasteiger charge is -2.39. The number of nitrogens with one attached hydrogen (secondary N) is 1. The maximum Gasteiger partial charge on any atom is 0.503 e. The molecule has 46 heavy (non-hydrogen) atoms. The van der Waals surface area contributed by atoms with Crippen molar-refractivity contribution in [1.82, 2.24) is 5.32 Å². The van der Waals surface area contributed by atoms with Crippen molar-refractivity contribution in [2.45, 2.75) is 36.9 Å². The average molecular weight is 693 g/mol. The molecule has 1 aliphatic rings. The molecule has 23 heteroatoms. The Balaban J connectivity index is 2.03. The van der Waals surface area contributed by atoms with Gasteiger partial charge >= 0.3 is 22.5 Å². The first-order chi connectivity index (χ1) is 21.7. The van der Waals surface area contributed by atoms with Gasteiger partial charge in [-0.1, -0.05) is 5.11 Å². The summed E-state index contributed by atoms with van der Waals surface area (Å²) in [7, 11) is -5.78. The molecule has 0 saturated carbocycles. The summed E-state index contributed by atoms with van der Waals surface area (Å²) in [6, 6.07) is 2.59. The van der Waals surface area contributed by atoms with E-state index in [-0.39, 0.29) is 58.3 Å². The molecule has 1 amide bonds. The van der Waals surface area contributed by atoms with Crippen molar-refractivity contribution < 1.29 is 83.7 Å². The van der Waals surface area contributed by atoms with Crippen LogP contribution in [0.2, 0.25) is 0 Å². The molecule has 1 aromatic carbocycles. The van der Waals surface area contributed by atoms with E-state index in [1.165, 1.54) is 0 Å². The van der Waals surface area contributed by atoms with Gasteiger partial charge in [-0.05, 0) is 23.7 Å². The molecule has 2 rings (SSSR count). The van der Waals surface area contributed by atoms with Crippen molar-refractivity contribution in [3.63, 3.8) is 0 Å². The van der Waals surface area contributed by atoms with Gasteiger partial charge in [0.25, 0.3) is 5.91 Å². The Hall–Kier alpha value is -3.51. The van der Waals surface area contributed by atoms with Gasteiger partial charge in [-0.2, -0.15) is 13.2 Å². The minimum absolute atomic E-state index is 0.00119. The van der Waals surface area contributed by atoms with E-state index in [0.717, 1.165) is 12.1 Å². The van der Waals surface area contributed by atoms with Gasteiger partial charge < -0.3 is 57.8 Å². The summed E-state index contributed by atoms with van der Waals surface area (Å²) >= 11 is 0. The molecule has 0 unspecified atom stereocenters. The van der Waals surface area contributed by atoms with Crippen LogP contribution in [0.25, 0.3) is 10.4 Å². The third-order valence-corrected chi connectivity index (χ3v) is 6.31. The number of azide groups is 1. The van der Waals surface area contributed by atoms with Crippen LogP contribution in [0.1, 0.15) is 10.4 Å². The second-order valence-corrected chi connectivity index (χ2v) is 10.0. The van der Waals surface area contributed by atoms with Gasteiger partial charge in [0, 0.05) is 23.6 Å². The highest BCUT2D eigenvalue weighted by Crippen LogP contribution is 2.34. The minimum atomic E-state index is -5.78. The van der Waals surface area contributed by atoms with Gasteiger partial charge in [0.2, 0.25) is 6.29 Å². The van der Waals surface area contributed by atoms with Crippen molar-refractivity contribution in [3.05, 3.63) is 34.2 Å². The van der Waals surface area contributed by atoms with Crippen molar-refractivity contribution >= 4 is 22.3 Å². The Morgan fingerprint density at radius 2 is 1.61 bits per heavy atom. The van der Waals surface area contributed by atoms with Gasteiger partial charge in [0.15, 0.2) is 11.5 Å². The van der Waals surface area contributed by atoms with E-state index < -0.39 is 77.3 Å². The maximum absolute atomic E-state index is 12.6. The smallest absolute Gasteiger partial charge is 0.458 e. The highest BCUT2D eigenvalue weighted by atomic mass is 32.3. The van der Waals surface area contributed by atoms with Gasteiger partial charge in [0.05, 0.1) is 46.2 Å². The summed E-state index contributed by atoms with van der Waals surface area (Å²) in [4.78, 5) is 26.3. The van der Waals surface area contributed by atoms with Gasteiger partial charge in [-0.15, -0.1) is 8.42 Å². The Morgan fingerprint density at radius 3 is 2.22 bits per heavy atom. The number of benzene rings is 1. The molecule has 0 aromatic heterocycles. The monoisotopic (exact) mass is 692 g/mol. The average Bonchev–Trinajstić information content (AvgIpc) is 2.99. The number of hydrogen-bond acceptors (Lipinski definition) is 16. The van der Waals surface area contributed by atoms with Crippen LogP contribution < -0.4 is 14.2 Å². The molecule has 0 spiro atoms. The van der Waals surface area contributed by atoms with Crippen LogP contribution in [-0.4, -0.2) is 137 Å². The normalized spacial score (nSPS) is 21.6. The lowest BCUT2D eigenvalue weighted by Crippen LogP contribution is -2.60. The maximum atomic E-state index is 12.6. The van der Waals surface area contributed by atoms with Gasteiger partial charge in [-0.3, -0.25) is 4.79 Å². The third kappa shape index (κ3) is 12.7. The molecule has 260 valence electrons. The van der Waals surface area contributed by atoms with Crippen LogP contribution in [0.3, 0.4) is 0 Å². The predicted molar refractivity (Wildman–Crippen MR) is 141 cm³/mol. The molecular weight excluding hydrogens is 661 g/mol. The third-order valence-electron chi connectivity index (χ3n) is 5.57. The zero-order valence-corrected chi connectivity index (χ0v) is 24.5. The van der Waals surface area contributed by atoms with E-state index in [1.54, 1.807) is 0 Å². The lowest BCUT2D eigenvalue weighted by atomic mass is 9.99. The molecule has 1 heterocycles. The van der Waals surface area contributed by atoms with Crippen molar-refractivity contribution in [3.8, 4) is 11.5 Å². The summed E-state index contributed by atoms with van der Waals surface area (Å²) in [5.74, 6) is -5.72. The van der Waals surface area contributed by atoms with Crippen LogP contribution in [0, 0.1) is 0 Å². The van der Waals surface area contributed by atoms with E-state index in [4.69, 9.17) is 29.2 Å². The molecule has 5 atom stereocenters. The van der Waals surface area contributed by atoms with Crippen LogP contribution in [0.5, 0.6) is 11.5 Å². The molecule has 1 saturated heterocycles. The fraction of sp³-hybridized carbons (Fsp3) is 0.652.